The van der Waals surface area contributed by atoms with Crippen molar-refractivity contribution < 1.29 is 9.22 Å². The average molecular weight is 161 g/mol. The van der Waals surface area contributed by atoms with Gasteiger partial charge < -0.3 is 10.2 Å². The molecule has 0 spiro atoms. The number of rotatable bonds is 2. The minimum absolute atomic E-state index is 0.297. The van der Waals surface area contributed by atoms with Crippen LogP contribution in [-0.4, -0.2) is 20.5 Å². The molecular formula is C6H15NO2Si. The summed E-state index contributed by atoms with van der Waals surface area (Å²) in [7, 11) is -1.26. The molecule has 0 aliphatic carbocycles. The Hall–Kier alpha value is -0.353. The molecule has 0 bridgehead atoms. The van der Waals surface area contributed by atoms with Crippen LogP contribution in [0.3, 0.4) is 0 Å². The largest absolute Gasteiger partial charge is 0.521 e. The Bertz CT molecular complexity index is 128. The summed E-state index contributed by atoms with van der Waals surface area (Å²) in [6, 6.07) is 0. The molecule has 3 nitrogen and oxygen atoms in total. The number of carbonyl (C=O) groups excluding carboxylic acids is 1. The lowest BCUT2D eigenvalue weighted by molar-refractivity contribution is -0.139. The van der Waals surface area contributed by atoms with Crippen molar-refractivity contribution in [3.63, 3.8) is 0 Å². The Kier molecular flexibility index (Phi) is 3.05. The first-order chi connectivity index (χ1) is 4.34. The highest BCUT2D eigenvalue weighted by molar-refractivity contribution is 6.50. The van der Waals surface area contributed by atoms with Crippen LogP contribution in [0.15, 0.2) is 0 Å². The molecule has 0 aromatic carbocycles. The van der Waals surface area contributed by atoms with Crippen LogP contribution in [0.5, 0.6) is 0 Å². The standard InChI is InChI=1S/C6H15NO2Si/c1-6(2,7)5(8)9-10(3)4/h10H,7H2,1-4H3. The van der Waals surface area contributed by atoms with Crippen molar-refractivity contribution in [1.82, 2.24) is 0 Å². The summed E-state index contributed by atoms with van der Waals surface area (Å²) in [5.74, 6) is -0.297. The maximum atomic E-state index is 11.0. The molecule has 0 saturated carbocycles. The number of hydrogen-bond acceptors (Lipinski definition) is 3. The van der Waals surface area contributed by atoms with Gasteiger partial charge in [0.2, 0.25) is 9.04 Å². The van der Waals surface area contributed by atoms with Crippen molar-refractivity contribution >= 4 is 15.0 Å². The highest BCUT2D eigenvalue weighted by Gasteiger charge is 2.24. The van der Waals surface area contributed by atoms with Crippen molar-refractivity contribution in [3.05, 3.63) is 0 Å². The van der Waals surface area contributed by atoms with Crippen LogP contribution >= 0.6 is 0 Å². The van der Waals surface area contributed by atoms with E-state index in [1.54, 1.807) is 13.8 Å². The third-order valence-electron chi connectivity index (χ3n) is 0.869. The summed E-state index contributed by atoms with van der Waals surface area (Å²) in [5.41, 5.74) is 4.64. The predicted molar refractivity (Wildman–Crippen MR) is 43.2 cm³/mol. The lowest BCUT2D eigenvalue weighted by Crippen LogP contribution is -2.44. The predicted octanol–water partition coefficient (Wildman–Crippen LogP) is 0.250. The molecule has 0 rings (SSSR count). The van der Waals surface area contributed by atoms with Gasteiger partial charge in [-0.15, -0.1) is 0 Å². The van der Waals surface area contributed by atoms with Crippen molar-refractivity contribution in [1.29, 1.82) is 0 Å². The van der Waals surface area contributed by atoms with Gasteiger partial charge in [-0.2, -0.15) is 0 Å². The monoisotopic (exact) mass is 161 g/mol. The van der Waals surface area contributed by atoms with Crippen LogP contribution in [0.2, 0.25) is 13.1 Å². The molecule has 60 valence electrons. The molecule has 10 heavy (non-hydrogen) atoms. The summed E-state index contributed by atoms with van der Waals surface area (Å²) in [6.07, 6.45) is 0. The quantitative estimate of drug-likeness (QED) is 0.591. The summed E-state index contributed by atoms with van der Waals surface area (Å²) in [4.78, 5) is 11.0. The first kappa shape index (κ1) is 9.65. The average Bonchev–Trinajstić information content (AvgIpc) is 1.60. The van der Waals surface area contributed by atoms with Gasteiger partial charge in [-0.1, -0.05) is 0 Å². The summed E-state index contributed by atoms with van der Waals surface area (Å²) >= 11 is 0. The Morgan fingerprint density at radius 3 is 2.00 bits per heavy atom. The van der Waals surface area contributed by atoms with Gasteiger partial charge in [0.1, 0.15) is 5.54 Å². The first-order valence-electron chi connectivity index (χ1n) is 3.34. The fourth-order valence-electron chi connectivity index (χ4n) is 0.366. The van der Waals surface area contributed by atoms with Crippen LogP contribution < -0.4 is 5.73 Å². The van der Waals surface area contributed by atoms with E-state index in [2.05, 4.69) is 0 Å². The van der Waals surface area contributed by atoms with Gasteiger partial charge in [0, 0.05) is 0 Å². The SMILES string of the molecule is C[SiH](C)OC(=O)C(C)(C)N. The number of hydrogen-bond donors (Lipinski definition) is 1. The lowest BCUT2D eigenvalue weighted by Gasteiger charge is -2.18. The normalized spacial score (nSPS) is 11.8. The lowest BCUT2D eigenvalue weighted by atomic mass is 10.1. The highest BCUT2D eigenvalue weighted by atomic mass is 28.3. The van der Waals surface area contributed by atoms with Crippen molar-refractivity contribution in [3.8, 4) is 0 Å². The highest BCUT2D eigenvalue weighted by Crippen LogP contribution is 2.00. The van der Waals surface area contributed by atoms with E-state index < -0.39 is 14.6 Å². The van der Waals surface area contributed by atoms with Gasteiger partial charge in [0.05, 0.1) is 0 Å². The van der Waals surface area contributed by atoms with Crippen LogP contribution in [0.1, 0.15) is 13.8 Å². The molecule has 0 heterocycles. The zero-order chi connectivity index (χ0) is 8.36. The molecule has 0 atom stereocenters. The zero-order valence-corrected chi connectivity index (χ0v) is 8.13. The van der Waals surface area contributed by atoms with E-state index in [0.29, 0.717) is 0 Å². The van der Waals surface area contributed by atoms with Gasteiger partial charge in [-0.05, 0) is 26.9 Å². The van der Waals surface area contributed by atoms with Gasteiger partial charge in [-0.25, -0.2) is 0 Å². The van der Waals surface area contributed by atoms with E-state index in [4.69, 9.17) is 10.2 Å². The molecule has 0 radical (unpaired) electrons. The first-order valence-corrected chi connectivity index (χ1v) is 6.12. The fraction of sp³-hybridized carbons (Fsp3) is 0.833. The van der Waals surface area contributed by atoms with Gasteiger partial charge in [0.15, 0.2) is 0 Å². The van der Waals surface area contributed by atoms with Crippen LogP contribution in [0, 0.1) is 0 Å². The van der Waals surface area contributed by atoms with E-state index in [0.717, 1.165) is 0 Å². The second-order valence-corrected chi connectivity index (χ2v) is 5.51. The van der Waals surface area contributed by atoms with E-state index >= 15 is 0 Å². The van der Waals surface area contributed by atoms with E-state index in [-0.39, 0.29) is 5.97 Å². The van der Waals surface area contributed by atoms with Crippen LogP contribution in [-0.2, 0) is 9.22 Å². The van der Waals surface area contributed by atoms with Crippen LogP contribution in [0.4, 0.5) is 0 Å². The minimum Gasteiger partial charge on any atom is -0.521 e. The Morgan fingerprint density at radius 2 is 1.90 bits per heavy atom. The number of nitrogens with two attached hydrogens (primary N) is 1. The molecule has 0 fully saturated rings. The summed E-state index contributed by atoms with van der Waals surface area (Å²) in [6.45, 7) is 7.16. The Balaban J connectivity index is 3.87. The molecule has 0 aliphatic rings. The molecule has 2 N–H and O–H groups in total. The van der Waals surface area contributed by atoms with Crippen molar-refractivity contribution in [2.45, 2.75) is 32.5 Å². The maximum absolute atomic E-state index is 11.0. The second kappa shape index (κ2) is 3.16. The van der Waals surface area contributed by atoms with E-state index in [9.17, 15) is 4.79 Å². The topological polar surface area (TPSA) is 52.3 Å². The third-order valence-corrected chi connectivity index (χ3v) is 1.55. The summed E-state index contributed by atoms with van der Waals surface area (Å²) < 4.78 is 4.99. The Labute approximate surface area is 63.3 Å². The van der Waals surface area contributed by atoms with Gasteiger partial charge in [0.25, 0.3) is 0 Å². The summed E-state index contributed by atoms with van der Waals surface area (Å²) in [5, 5.41) is 0. The smallest absolute Gasteiger partial charge is 0.312 e. The molecule has 0 unspecified atom stereocenters. The second-order valence-electron chi connectivity index (χ2n) is 3.18. The van der Waals surface area contributed by atoms with Gasteiger partial charge in [-0.3, -0.25) is 4.79 Å². The van der Waals surface area contributed by atoms with Crippen LogP contribution in [0.25, 0.3) is 0 Å². The Morgan fingerprint density at radius 1 is 1.50 bits per heavy atom. The van der Waals surface area contributed by atoms with Crippen molar-refractivity contribution in [2.75, 3.05) is 0 Å². The molecule has 4 heteroatoms. The third kappa shape index (κ3) is 3.63. The van der Waals surface area contributed by atoms with E-state index in [1.807, 2.05) is 13.1 Å². The molecule has 0 aromatic rings. The van der Waals surface area contributed by atoms with E-state index in [1.165, 1.54) is 0 Å². The molecule has 0 aromatic heterocycles. The molecule has 0 aliphatic heterocycles. The van der Waals surface area contributed by atoms with Gasteiger partial charge >= 0.3 is 5.97 Å². The zero-order valence-electron chi connectivity index (χ0n) is 6.97. The fourth-order valence-corrected chi connectivity index (χ4v) is 1.10. The van der Waals surface area contributed by atoms with Crippen molar-refractivity contribution in [2.24, 2.45) is 5.73 Å². The maximum Gasteiger partial charge on any atom is 0.312 e. The molecule has 0 amide bonds. The minimum atomic E-state index is -1.26. The molecule has 0 saturated heterocycles. The number of carbonyl (C=O) groups is 1. The molecular weight excluding hydrogens is 146 g/mol.